The van der Waals surface area contributed by atoms with E-state index in [0.29, 0.717) is 12.4 Å². The van der Waals surface area contributed by atoms with Gasteiger partial charge in [0.05, 0.1) is 17.4 Å². The molecular weight excluding hydrogens is 340 g/mol. The van der Waals surface area contributed by atoms with Crippen molar-refractivity contribution in [3.8, 4) is 11.4 Å². The number of piperidine rings is 1. The predicted molar refractivity (Wildman–Crippen MR) is 94.9 cm³/mol. The maximum Gasteiger partial charge on any atom is 0.282 e. The minimum Gasteiger partial charge on any atom is -0.266 e. The molecule has 0 aromatic carbocycles. The Hall–Kier alpha value is -1.84. The van der Waals surface area contributed by atoms with Crippen LogP contribution in [-0.2, 0) is 17.3 Å². The van der Waals surface area contributed by atoms with Crippen molar-refractivity contribution in [3.05, 3.63) is 29.8 Å². The van der Waals surface area contributed by atoms with E-state index in [1.54, 1.807) is 25.0 Å². The van der Waals surface area contributed by atoms with Gasteiger partial charge in [-0.1, -0.05) is 6.42 Å². The lowest BCUT2D eigenvalue weighted by Gasteiger charge is -2.35. The number of hydrogen-bond acceptors (Lipinski definition) is 5. The zero-order valence-electron chi connectivity index (χ0n) is 15.0. The molecule has 3 rings (SSSR count). The van der Waals surface area contributed by atoms with Crippen LogP contribution in [-0.4, -0.2) is 57.4 Å². The van der Waals surface area contributed by atoms with Crippen LogP contribution in [0.1, 0.15) is 36.8 Å². The number of nitrogens with zero attached hydrogens (tertiary/aromatic N) is 6. The highest BCUT2D eigenvalue weighted by Crippen LogP contribution is 2.33. The van der Waals surface area contributed by atoms with E-state index in [4.69, 9.17) is 0 Å². The lowest BCUT2D eigenvalue weighted by atomic mass is 10.0. The third-order valence-electron chi connectivity index (χ3n) is 4.46. The summed E-state index contributed by atoms with van der Waals surface area (Å²) in [5.41, 5.74) is 2.45. The van der Waals surface area contributed by atoms with Gasteiger partial charge in [0.2, 0.25) is 0 Å². The Morgan fingerprint density at radius 3 is 2.64 bits per heavy atom. The van der Waals surface area contributed by atoms with Crippen LogP contribution in [0.5, 0.6) is 0 Å². The molecule has 3 heterocycles. The first kappa shape index (κ1) is 18.0. The molecule has 25 heavy (non-hydrogen) atoms. The molecule has 0 aliphatic carbocycles. The van der Waals surface area contributed by atoms with E-state index >= 15 is 0 Å². The van der Waals surface area contributed by atoms with Crippen molar-refractivity contribution in [2.75, 3.05) is 20.6 Å². The SMILES string of the molecule is Cc1cc(-c2ccnn2C)nc([C@H]2CCCCN2S(=O)(=O)N(C)C)n1. The molecule has 2 aromatic rings. The van der Waals surface area contributed by atoms with Crippen LogP contribution in [0.3, 0.4) is 0 Å². The summed E-state index contributed by atoms with van der Waals surface area (Å²) in [7, 11) is 1.45. The van der Waals surface area contributed by atoms with E-state index in [1.165, 1.54) is 8.61 Å². The van der Waals surface area contributed by atoms with Gasteiger partial charge in [0, 0.05) is 39.6 Å². The van der Waals surface area contributed by atoms with E-state index in [1.807, 2.05) is 26.1 Å². The van der Waals surface area contributed by atoms with Crippen LogP contribution in [0.4, 0.5) is 0 Å². The lowest BCUT2D eigenvalue weighted by Crippen LogP contribution is -2.45. The summed E-state index contributed by atoms with van der Waals surface area (Å²) in [6.45, 7) is 2.39. The normalized spacial score (nSPS) is 19.5. The van der Waals surface area contributed by atoms with Gasteiger partial charge in [-0.05, 0) is 31.9 Å². The maximum atomic E-state index is 12.7. The van der Waals surface area contributed by atoms with E-state index < -0.39 is 10.2 Å². The summed E-state index contributed by atoms with van der Waals surface area (Å²) in [6.07, 6.45) is 4.25. The highest BCUT2D eigenvalue weighted by atomic mass is 32.2. The van der Waals surface area contributed by atoms with Crippen LogP contribution >= 0.6 is 0 Å². The second kappa shape index (κ2) is 6.81. The quantitative estimate of drug-likeness (QED) is 0.821. The van der Waals surface area contributed by atoms with Crippen LogP contribution < -0.4 is 0 Å². The molecule has 2 aromatic heterocycles. The van der Waals surface area contributed by atoms with Crippen LogP contribution in [0.2, 0.25) is 0 Å². The zero-order chi connectivity index (χ0) is 18.2. The van der Waals surface area contributed by atoms with Gasteiger partial charge >= 0.3 is 0 Å². The third kappa shape index (κ3) is 3.44. The fraction of sp³-hybridized carbons (Fsp3) is 0.562. The van der Waals surface area contributed by atoms with Crippen molar-refractivity contribution < 1.29 is 8.42 Å². The van der Waals surface area contributed by atoms with E-state index in [-0.39, 0.29) is 6.04 Å². The Bertz CT molecular complexity index is 861. The molecule has 1 atom stereocenters. The van der Waals surface area contributed by atoms with Crippen molar-refractivity contribution in [3.63, 3.8) is 0 Å². The molecular formula is C16H24N6O2S. The average Bonchev–Trinajstić information content (AvgIpc) is 3.00. The topological polar surface area (TPSA) is 84.2 Å². The summed E-state index contributed by atoms with van der Waals surface area (Å²) in [4.78, 5) is 9.24. The second-order valence-corrected chi connectivity index (χ2v) is 8.60. The molecule has 0 spiro atoms. The summed E-state index contributed by atoms with van der Waals surface area (Å²) in [5.74, 6) is 0.557. The Morgan fingerprint density at radius 2 is 2.00 bits per heavy atom. The average molecular weight is 364 g/mol. The number of rotatable bonds is 4. The minimum absolute atomic E-state index is 0.340. The van der Waals surface area contributed by atoms with Crippen molar-refractivity contribution in [2.45, 2.75) is 32.2 Å². The third-order valence-corrected chi connectivity index (χ3v) is 6.42. The van der Waals surface area contributed by atoms with E-state index in [2.05, 4.69) is 15.1 Å². The maximum absolute atomic E-state index is 12.7. The second-order valence-electron chi connectivity index (χ2n) is 6.51. The highest BCUT2D eigenvalue weighted by molar-refractivity contribution is 7.86. The summed E-state index contributed by atoms with van der Waals surface area (Å²) in [5, 5.41) is 4.19. The molecule has 0 bridgehead atoms. The van der Waals surface area contributed by atoms with E-state index in [9.17, 15) is 8.42 Å². The smallest absolute Gasteiger partial charge is 0.266 e. The monoisotopic (exact) mass is 364 g/mol. The van der Waals surface area contributed by atoms with Gasteiger partial charge in [-0.3, -0.25) is 4.68 Å². The van der Waals surface area contributed by atoms with Crippen LogP contribution in [0.15, 0.2) is 18.3 Å². The number of aryl methyl sites for hydroxylation is 2. The fourth-order valence-electron chi connectivity index (χ4n) is 3.15. The largest absolute Gasteiger partial charge is 0.282 e. The molecule has 0 unspecified atom stereocenters. The molecule has 136 valence electrons. The molecule has 0 amide bonds. The van der Waals surface area contributed by atoms with Gasteiger partial charge in [-0.2, -0.15) is 22.1 Å². The lowest BCUT2D eigenvalue weighted by molar-refractivity contribution is 0.234. The minimum atomic E-state index is -3.52. The first-order chi connectivity index (χ1) is 11.8. The molecule has 1 aliphatic heterocycles. The van der Waals surface area contributed by atoms with Crippen LogP contribution in [0.25, 0.3) is 11.4 Å². The predicted octanol–water partition coefficient (Wildman–Crippen LogP) is 1.52. The van der Waals surface area contributed by atoms with Gasteiger partial charge in [0.1, 0.15) is 5.82 Å². The summed E-state index contributed by atoms with van der Waals surface area (Å²) >= 11 is 0. The number of aromatic nitrogens is 4. The van der Waals surface area contributed by atoms with Crippen molar-refractivity contribution in [1.82, 2.24) is 28.4 Å². The van der Waals surface area contributed by atoms with Gasteiger partial charge in [0.15, 0.2) is 0 Å². The summed E-state index contributed by atoms with van der Waals surface area (Å²) in [6, 6.07) is 3.45. The Labute approximate surface area is 148 Å². The highest BCUT2D eigenvalue weighted by Gasteiger charge is 2.36. The Kier molecular flexibility index (Phi) is 4.90. The molecule has 0 N–H and O–H groups in total. The van der Waals surface area contributed by atoms with Gasteiger partial charge in [-0.25, -0.2) is 9.97 Å². The molecule has 9 heteroatoms. The van der Waals surface area contributed by atoms with Crippen molar-refractivity contribution in [1.29, 1.82) is 0 Å². The van der Waals surface area contributed by atoms with Gasteiger partial charge in [0.25, 0.3) is 10.2 Å². The first-order valence-corrected chi connectivity index (χ1v) is 9.73. The molecule has 8 nitrogen and oxygen atoms in total. The van der Waals surface area contributed by atoms with Gasteiger partial charge in [-0.15, -0.1) is 0 Å². The molecule has 1 aliphatic rings. The summed E-state index contributed by atoms with van der Waals surface area (Å²) < 4.78 is 29.9. The molecule has 1 saturated heterocycles. The number of hydrogen-bond donors (Lipinski definition) is 0. The van der Waals surface area contributed by atoms with Gasteiger partial charge < -0.3 is 0 Å². The molecule has 1 fully saturated rings. The fourth-order valence-corrected chi connectivity index (χ4v) is 4.45. The van der Waals surface area contributed by atoms with E-state index in [0.717, 1.165) is 36.3 Å². The standard InChI is InChI=1S/C16H24N6O2S/c1-12-11-13(14-8-9-17-21(14)4)19-16(18-12)15-7-5-6-10-22(15)25(23,24)20(2)3/h8-9,11,15H,5-7,10H2,1-4H3/t15-/m1/s1. The Morgan fingerprint density at radius 1 is 1.24 bits per heavy atom. The van der Waals surface area contributed by atoms with Crippen LogP contribution in [0, 0.1) is 6.92 Å². The van der Waals surface area contributed by atoms with Crippen molar-refractivity contribution >= 4 is 10.2 Å². The van der Waals surface area contributed by atoms with Crippen molar-refractivity contribution in [2.24, 2.45) is 7.05 Å². The Balaban J connectivity index is 2.05. The molecule has 0 saturated carbocycles. The first-order valence-electron chi connectivity index (χ1n) is 8.34. The molecule has 0 radical (unpaired) electrons. The zero-order valence-corrected chi connectivity index (χ0v) is 15.9.